The van der Waals surface area contributed by atoms with Crippen molar-refractivity contribution in [2.24, 2.45) is 0 Å². The third-order valence-corrected chi connectivity index (χ3v) is 3.66. The monoisotopic (exact) mass is 283 g/mol. The highest BCUT2D eigenvalue weighted by molar-refractivity contribution is 5.91. The van der Waals surface area contributed by atoms with Gasteiger partial charge in [0.15, 0.2) is 0 Å². The molecule has 0 heterocycles. The van der Waals surface area contributed by atoms with Crippen molar-refractivity contribution >= 4 is 16.8 Å². The molecule has 0 fully saturated rings. The molecular formula is C18H21NO2. The summed E-state index contributed by atoms with van der Waals surface area (Å²) in [7, 11) is 0. The summed E-state index contributed by atoms with van der Waals surface area (Å²) in [6, 6.07) is 12.6. The Kier molecular flexibility index (Phi) is 4.53. The largest absolute Gasteiger partial charge is 0.508 e. The lowest BCUT2D eigenvalue weighted by Crippen LogP contribution is -1.94. The van der Waals surface area contributed by atoms with Crippen molar-refractivity contribution in [1.82, 2.24) is 0 Å². The Hall–Kier alpha value is -2.42. The molecule has 4 N–H and O–H groups in total. The average Bonchev–Trinajstić information content (AvgIpc) is 2.49. The Balaban J connectivity index is 2.57. The molecule has 3 nitrogen and oxygen atoms in total. The lowest BCUT2D eigenvalue weighted by atomic mass is 9.91. The molecule has 0 amide bonds. The highest BCUT2D eigenvalue weighted by atomic mass is 16.3. The van der Waals surface area contributed by atoms with E-state index in [0.717, 1.165) is 24.0 Å². The number of hydrogen-bond acceptors (Lipinski definition) is 3. The van der Waals surface area contributed by atoms with Crippen LogP contribution in [0.2, 0.25) is 0 Å². The summed E-state index contributed by atoms with van der Waals surface area (Å²) in [4.78, 5) is 0. The number of nitrogens with two attached hydrogens (primary N) is 1. The van der Waals surface area contributed by atoms with E-state index in [4.69, 9.17) is 5.73 Å². The summed E-state index contributed by atoms with van der Waals surface area (Å²) in [5.74, 6) is 0.373. The molecule has 2 aromatic rings. The Labute approximate surface area is 125 Å². The number of benzene rings is 2. The molecule has 0 saturated heterocycles. The van der Waals surface area contributed by atoms with Crippen LogP contribution in [0.15, 0.2) is 42.5 Å². The molecule has 0 saturated carbocycles. The van der Waals surface area contributed by atoms with Gasteiger partial charge >= 0.3 is 0 Å². The van der Waals surface area contributed by atoms with Crippen molar-refractivity contribution in [3.8, 4) is 11.5 Å². The van der Waals surface area contributed by atoms with Gasteiger partial charge < -0.3 is 15.9 Å². The molecule has 0 aliphatic heterocycles. The van der Waals surface area contributed by atoms with Gasteiger partial charge in [0.25, 0.3) is 0 Å². The lowest BCUT2D eigenvalue weighted by Gasteiger charge is -2.15. The van der Waals surface area contributed by atoms with Crippen LogP contribution in [0.25, 0.3) is 11.1 Å². The van der Waals surface area contributed by atoms with Crippen LogP contribution in [-0.2, 0) is 0 Å². The molecule has 0 bridgehead atoms. The second-order valence-electron chi connectivity index (χ2n) is 4.98. The highest BCUT2D eigenvalue weighted by Crippen LogP contribution is 2.34. The predicted molar refractivity (Wildman–Crippen MR) is 88.0 cm³/mol. The molecule has 2 aromatic carbocycles. The summed E-state index contributed by atoms with van der Waals surface area (Å²) >= 11 is 0. The first-order chi connectivity index (χ1) is 10.1. The van der Waals surface area contributed by atoms with Crippen LogP contribution in [-0.4, -0.2) is 10.2 Å². The topological polar surface area (TPSA) is 66.5 Å². The fourth-order valence-electron chi connectivity index (χ4n) is 2.59. The second kappa shape index (κ2) is 6.35. The van der Waals surface area contributed by atoms with Crippen molar-refractivity contribution in [2.75, 3.05) is 5.73 Å². The molecule has 110 valence electrons. The molecule has 0 spiro atoms. The number of aromatic hydroxyl groups is 2. The zero-order chi connectivity index (χ0) is 15.4. The minimum Gasteiger partial charge on any atom is -0.508 e. The SMILES string of the molecule is CCC(=C(CC)c1ccc(O)c(N)c1)c1ccc(O)cc1. The number of allylic oxidation sites excluding steroid dienone is 2. The van der Waals surface area contributed by atoms with Crippen molar-refractivity contribution in [3.63, 3.8) is 0 Å². The van der Waals surface area contributed by atoms with Crippen molar-refractivity contribution in [3.05, 3.63) is 53.6 Å². The molecule has 0 atom stereocenters. The number of phenols is 2. The van der Waals surface area contributed by atoms with Gasteiger partial charge in [-0.2, -0.15) is 0 Å². The van der Waals surface area contributed by atoms with Crippen LogP contribution in [0.5, 0.6) is 11.5 Å². The van der Waals surface area contributed by atoms with Crippen LogP contribution < -0.4 is 5.73 Å². The van der Waals surface area contributed by atoms with E-state index in [1.807, 2.05) is 24.3 Å². The lowest BCUT2D eigenvalue weighted by molar-refractivity contribution is 0.475. The first-order valence-electron chi connectivity index (χ1n) is 7.17. The molecular weight excluding hydrogens is 262 g/mol. The number of anilines is 1. The zero-order valence-corrected chi connectivity index (χ0v) is 12.4. The Bertz CT molecular complexity index is 657. The van der Waals surface area contributed by atoms with Gasteiger partial charge in [-0.1, -0.05) is 32.0 Å². The quantitative estimate of drug-likeness (QED) is 0.442. The second-order valence-corrected chi connectivity index (χ2v) is 4.98. The van der Waals surface area contributed by atoms with E-state index in [1.54, 1.807) is 18.2 Å². The zero-order valence-electron chi connectivity index (χ0n) is 12.4. The van der Waals surface area contributed by atoms with Gasteiger partial charge in [0.2, 0.25) is 0 Å². The summed E-state index contributed by atoms with van der Waals surface area (Å²) < 4.78 is 0. The minimum atomic E-state index is 0.108. The number of rotatable bonds is 4. The van der Waals surface area contributed by atoms with E-state index in [2.05, 4.69) is 13.8 Å². The summed E-state index contributed by atoms with van der Waals surface area (Å²) in [5.41, 5.74) is 10.7. The first-order valence-corrected chi connectivity index (χ1v) is 7.17. The maximum absolute atomic E-state index is 9.57. The molecule has 21 heavy (non-hydrogen) atoms. The van der Waals surface area contributed by atoms with Crippen LogP contribution in [0.1, 0.15) is 37.8 Å². The first kappa shape index (κ1) is 15.0. The number of nitrogen functional groups attached to an aromatic ring is 1. The maximum atomic E-state index is 9.57. The summed E-state index contributed by atoms with van der Waals surface area (Å²) in [6.07, 6.45) is 1.75. The number of hydrogen-bond donors (Lipinski definition) is 3. The standard InChI is InChI=1S/C18H21NO2/c1-3-15(12-5-8-14(20)9-6-12)16(4-2)13-7-10-18(21)17(19)11-13/h5-11,20-21H,3-4,19H2,1-2H3. The predicted octanol–water partition coefficient (Wildman–Crippen LogP) is 4.41. The summed E-state index contributed by atoms with van der Waals surface area (Å²) in [5, 5.41) is 19.0. The summed E-state index contributed by atoms with van der Waals surface area (Å²) in [6.45, 7) is 4.22. The van der Waals surface area contributed by atoms with Crippen molar-refractivity contribution < 1.29 is 10.2 Å². The van der Waals surface area contributed by atoms with Gasteiger partial charge in [-0.15, -0.1) is 0 Å². The molecule has 0 aromatic heterocycles. The van der Waals surface area contributed by atoms with E-state index < -0.39 is 0 Å². The van der Waals surface area contributed by atoms with E-state index in [-0.39, 0.29) is 11.5 Å². The van der Waals surface area contributed by atoms with E-state index >= 15 is 0 Å². The normalized spacial score (nSPS) is 12.1. The minimum absolute atomic E-state index is 0.108. The van der Waals surface area contributed by atoms with Crippen molar-refractivity contribution in [2.45, 2.75) is 26.7 Å². The highest BCUT2D eigenvalue weighted by Gasteiger charge is 2.10. The fraction of sp³-hybridized carbons (Fsp3) is 0.222. The molecule has 3 heteroatoms. The van der Waals surface area contributed by atoms with Crippen molar-refractivity contribution in [1.29, 1.82) is 0 Å². The maximum Gasteiger partial charge on any atom is 0.138 e. The van der Waals surface area contributed by atoms with Crippen LogP contribution >= 0.6 is 0 Å². The average molecular weight is 283 g/mol. The smallest absolute Gasteiger partial charge is 0.138 e. The fourth-order valence-corrected chi connectivity index (χ4v) is 2.59. The van der Waals surface area contributed by atoms with Gasteiger partial charge in [0.1, 0.15) is 11.5 Å². The Morgan fingerprint density at radius 1 is 0.857 bits per heavy atom. The van der Waals surface area contributed by atoms with E-state index in [1.165, 1.54) is 11.1 Å². The van der Waals surface area contributed by atoms with E-state index in [0.29, 0.717) is 5.69 Å². The molecule has 0 unspecified atom stereocenters. The Morgan fingerprint density at radius 2 is 1.38 bits per heavy atom. The third-order valence-electron chi connectivity index (χ3n) is 3.66. The molecule has 0 radical (unpaired) electrons. The van der Waals surface area contributed by atoms with Gasteiger partial charge in [-0.3, -0.25) is 0 Å². The van der Waals surface area contributed by atoms with Crippen LogP contribution in [0.4, 0.5) is 5.69 Å². The van der Waals surface area contributed by atoms with E-state index in [9.17, 15) is 10.2 Å². The van der Waals surface area contributed by atoms with Crippen LogP contribution in [0.3, 0.4) is 0 Å². The van der Waals surface area contributed by atoms with Gasteiger partial charge in [0, 0.05) is 0 Å². The van der Waals surface area contributed by atoms with Gasteiger partial charge in [0.05, 0.1) is 5.69 Å². The third kappa shape index (κ3) is 3.19. The van der Waals surface area contributed by atoms with Crippen LogP contribution in [0, 0.1) is 0 Å². The van der Waals surface area contributed by atoms with Gasteiger partial charge in [-0.25, -0.2) is 0 Å². The Morgan fingerprint density at radius 3 is 1.90 bits per heavy atom. The van der Waals surface area contributed by atoms with Gasteiger partial charge in [-0.05, 0) is 59.4 Å². The molecule has 0 aliphatic rings. The molecule has 2 rings (SSSR count). The molecule has 0 aliphatic carbocycles. The number of phenolic OH excluding ortho intramolecular Hbond substituents is 2.